The number of carbonyl (C=O) groups is 2. The van der Waals surface area contributed by atoms with E-state index in [2.05, 4.69) is 10.3 Å². The van der Waals surface area contributed by atoms with E-state index < -0.39 is 5.97 Å². The summed E-state index contributed by atoms with van der Waals surface area (Å²) in [4.78, 5) is 27.5. The molecule has 0 saturated heterocycles. The summed E-state index contributed by atoms with van der Waals surface area (Å²) < 4.78 is 6.98. The van der Waals surface area contributed by atoms with Crippen LogP contribution in [-0.2, 0) is 6.54 Å². The number of aromatic carboxylic acids is 1. The molecule has 0 bridgehead atoms. The van der Waals surface area contributed by atoms with E-state index in [4.69, 9.17) is 9.84 Å². The minimum atomic E-state index is -1.11. The largest absolute Gasteiger partial charge is 0.497 e. The first-order chi connectivity index (χ1) is 10.9. The summed E-state index contributed by atoms with van der Waals surface area (Å²) >= 11 is 0. The Bertz CT molecular complexity index is 737. The molecule has 0 atom stereocenters. The maximum Gasteiger partial charge on any atom is 0.335 e. The topological polar surface area (TPSA) is 93.5 Å². The van der Waals surface area contributed by atoms with E-state index in [1.165, 1.54) is 25.3 Å². The number of nitrogens with one attached hydrogen (secondary N) is 1. The molecule has 7 heteroatoms. The molecule has 0 aliphatic heterocycles. The van der Waals surface area contributed by atoms with Crippen LogP contribution in [0.2, 0.25) is 0 Å². The van der Waals surface area contributed by atoms with E-state index in [0.29, 0.717) is 18.8 Å². The van der Waals surface area contributed by atoms with Crippen molar-refractivity contribution in [2.75, 3.05) is 13.7 Å². The average molecular weight is 317 g/mol. The van der Waals surface area contributed by atoms with Crippen LogP contribution < -0.4 is 10.1 Å². The van der Waals surface area contributed by atoms with Crippen molar-refractivity contribution in [3.63, 3.8) is 0 Å². The van der Waals surface area contributed by atoms with E-state index in [1.54, 1.807) is 6.33 Å². The van der Waals surface area contributed by atoms with Gasteiger partial charge in [0.2, 0.25) is 0 Å². The van der Waals surface area contributed by atoms with Crippen LogP contribution in [0.4, 0.5) is 0 Å². The SMILES string of the molecule is COc1cc(C(=O)O)cc(C(=O)NCCn2cnc(C)c2C)c1. The Kier molecular flexibility index (Phi) is 5.00. The van der Waals surface area contributed by atoms with Gasteiger partial charge in [-0.1, -0.05) is 0 Å². The van der Waals surface area contributed by atoms with Gasteiger partial charge in [-0.25, -0.2) is 9.78 Å². The van der Waals surface area contributed by atoms with Gasteiger partial charge in [-0.3, -0.25) is 4.79 Å². The lowest BCUT2D eigenvalue weighted by molar-refractivity contribution is 0.0696. The number of ether oxygens (including phenoxy) is 1. The molecule has 0 aliphatic rings. The van der Waals surface area contributed by atoms with Crippen LogP contribution in [-0.4, -0.2) is 40.2 Å². The number of methoxy groups -OCH3 is 1. The van der Waals surface area contributed by atoms with Gasteiger partial charge in [0.25, 0.3) is 5.91 Å². The van der Waals surface area contributed by atoms with E-state index >= 15 is 0 Å². The van der Waals surface area contributed by atoms with Crippen LogP contribution in [0.25, 0.3) is 0 Å². The third-order valence-electron chi connectivity index (χ3n) is 3.63. The Balaban J connectivity index is 2.04. The molecule has 0 saturated carbocycles. The summed E-state index contributed by atoms with van der Waals surface area (Å²) in [6.45, 7) is 4.89. The third kappa shape index (κ3) is 3.88. The van der Waals surface area contributed by atoms with E-state index in [1.807, 2.05) is 18.4 Å². The molecule has 1 aromatic carbocycles. The van der Waals surface area contributed by atoms with Gasteiger partial charge in [-0.15, -0.1) is 0 Å². The van der Waals surface area contributed by atoms with Gasteiger partial charge in [0, 0.05) is 24.3 Å². The lowest BCUT2D eigenvalue weighted by Crippen LogP contribution is -2.27. The molecule has 1 heterocycles. The number of imidazole rings is 1. The molecule has 0 unspecified atom stereocenters. The summed E-state index contributed by atoms with van der Waals surface area (Å²) in [6.07, 6.45) is 1.73. The molecule has 1 amide bonds. The van der Waals surface area contributed by atoms with Gasteiger partial charge < -0.3 is 19.7 Å². The zero-order valence-electron chi connectivity index (χ0n) is 13.3. The predicted molar refractivity (Wildman–Crippen MR) is 84.0 cm³/mol. The highest BCUT2D eigenvalue weighted by Crippen LogP contribution is 2.17. The maximum atomic E-state index is 12.2. The summed E-state index contributed by atoms with van der Waals surface area (Å²) in [6, 6.07) is 4.21. The van der Waals surface area contributed by atoms with E-state index in [9.17, 15) is 9.59 Å². The van der Waals surface area contributed by atoms with Crippen LogP contribution in [0, 0.1) is 13.8 Å². The molecule has 1 aromatic heterocycles. The van der Waals surface area contributed by atoms with Crippen molar-refractivity contribution in [3.8, 4) is 5.75 Å². The molecule has 2 N–H and O–H groups in total. The van der Waals surface area contributed by atoms with Crippen molar-refractivity contribution in [2.24, 2.45) is 0 Å². The molecule has 23 heavy (non-hydrogen) atoms. The summed E-state index contributed by atoms with van der Waals surface area (Å²) in [5.41, 5.74) is 2.26. The fraction of sp³-hybridized carbons (Fsp3) is 0.312. The number of rotatable bonds is 6. The van der Waals surface area contributed by atoms with Crippen molar-refractivity contribution in [1.82, 2.24) is 14.9 Å². The Labute approximate surface area is 133 Å². The zero-order valence-corrected chi connectivity index (χ0v) is 13.3. The highest BCUT2D eigenvalue weighted by molar-refractivity contribution is 5.98. The summed E-state index contributed by atoms with van der Waals surface area (Å²) in [5, 5.41) is 11.8. The molecule has 0 fully saturated rings. The second-order valence-electron chi connectivity index (χ2n) is 5.12. The predicted octanol–water partition coefficient (Wildman–Crippen LogP) is 1.64. The zero-order chi connectivity index (χ0) is 17.0. The van der Waals surface area contributed by atoms with Crippen LogP contribution in [0.3, 0.4) is 0 Å². The number of benzene rings is 1. The monoisotopic (exact) mass is 317 g/mol. The number of carbonyl (C=O) groups excluding carboxylic acids is 1. The lowest BCUT2D eigenvalue weighted by Gasteiger charge is -2.09. The molecule has 2 rings (SSSR count). The molecular formula is C16H19N3O4. The van der Waals surface area contributed by atoms with Crippen molar-refractivity contribution >= 4 is 11.9 Å². The number of hydrogen-bond donors (Lipinski definition) is 2. The number of nitrogens with zero attached hydrogens (tertiary/aromatic N) is 2. The number of amides is 1. The normalized spacial score (nSPS) is 10.4. The fourth-order valence-electron chi connectivity index (χ4n) is 2.13. The van der Waals surface area contributed by atoms with Crippen molar-refractivity contribution < 1.29 is 19.4 Å². The minimum absolute atomic E-state index is 0.00980. The molecule has 0 radical (unpaired) electrons. The Morgan fingerprint density at radius 3 is 2.52 bits per heavy atom. The standard InChI is InChI=1S/C16H19N3O4/c1-10-11(2)19(9-18-10)5-4-17-15(20)12-6-13(16(21)22)8-14(7-12)23-3/h6-9H,4-5H2,1-3H3,(H,17,20)(H,21,22). The lowest BCUT2D eigenvalue weighted by atomic mass is 10.1. The first-order valence-electron chi connectivity index (χ1n) is 7.11. The molecule has 122 valence electrons. The van der Waals surface area contributed by atoms with Gasteiger partial charge in [0.05, 0.1) is 24.7 Å². The second kappa shape index (κ2) is 6.95. The Morgan fingerprint density at radius 1 is 1.26 bits per heavy atom. The Morgan fingerprint density at radius 2 is 1.96 bits per heavy atom. The van der Waals surface area contributed by atoms with Crippen molar-refractivity contribution in [3.05, 3.63) is 47.0 Å². The highest BCUT2D eigenvalue weighted by atomic mass is 16.5. The van der Waals surface area contributed by atoms with Gasteiger partial charge >= 0.3 is 5.97 Å². The summed E-state index contributed by atoms with van der Waals surface area (Å²) in [5.74, 6) is -1.13. The maximum absolute atomic E-state index is 12.2. The van der Waals surface area contributed by atoms with Crippen LogP contribution in [0.15, 0.2) is 24.5 Å². The third-order valence-corrected chi connectivity index (χ3v) is 3.63. The number of carboxylic acid groups (broad SMARTS) is 1. The second-order valence-corrected chi connectivity index (χ2v) is 5.12. The molecule has 0 spiro atoms. The number of aryl methyl sites for hydroxylation is 1. The molecule has 7 nitrogen and oxygen atoms in total. The quantitative estimate of drug-likeness (QED) is 0.844. The van der Waals surface area contributed by atoms with Crippen LogP contribution in [0.5, 0.6) is 5.75 Å². The van der Waals surface area contributed by atoms with Crippen molar-refractivity contribution in [2.45, 2.75) is 20.4 Å². The Hall–Kier alpha value is -2.83. The van der Waals surface area contributed by atoms with Crippen LogP contribution in [0.1, 0.15) is 32.1 Å². The van der Waals surface area contributed by atoms with Crippen LogP contribution >= 0.6 is 0 Å². The van der Waals surface area contributed by atoms with E-state index in [-0.39, 0.29) is 17.0 Å². The number of carboxylic acids is 1. The fourth-order valence-corrected chi connectivity index (χ4v) is 2.13. The molecule has 2 aromatic rings. The highest BCUT2D eigenvalue weighted by Gasteiger charge is 2.12. The summed E-state index contributed by atoms with van der Waals surface area (Å²) in [7, 11) is 1.42. The van der Waals surface area contributed by atoms with Gasteiger partial charge in [0.15, 0.2) is 0 Å². The van der Waals surface area contributed by atoms with E-state index in [0.717, 1.165) is 11.4 Å². The smallest absolute Gasteiger partial charge is 0.335 e. The van der Waals surface area contributed by atoms with Gasteiger partial charge in [-0.2, -0.15) is 0 Å². The molecule has 0 aliphatic carbocycles. The van der Waals surface area contributed by atoms with Crippen molar-refractivity contribution in [1.29, 1.82) is 0 Å². The number of aromatic nitrogens is 2. The van der Waals surface area contributed by atoms with Gasteiger partial charge in [0.1, 0.15) is 5.75 Å². The average Bonchev–Trinajstić information content (AvgIpc) is 2.86. The first-order valence-corrected chi connectivity index (χ1v) is 7.11. The first kappa shape index (κ1) is 16.5. The number of hydrogen-bond acceptors (Lipinski definition) is 4. The van der Waals surface area contributed by atoms with Gasteiger partial charge in [-0.05, 0) is 32.0 Å². The molecular weight excluding hydrogens is 298 g/mol. The minimum Gasteiger partial charge on any atom is -0.497 e.